The number of pyridine rings is 1. The number of hydrogen-bond donors (Lipinski definition) is 1. The lowest BCUT2D eigenvalue weighted by Crippen LogP contribution is -2.18. The SMILES string of the molecule is N#Cc1cccc(-c2c(C(F)(F)F)nn(-c3cccc(C(OCC4CC4)c4cccnc4)c3)c2C(N)=O)c1. The van der Waals surface area contributed by atoms with Crippen LogP contribution in [-0.4, -0.2) is 27.3 Å². The van der Waals surface area contributed by atoms with Crippen LogP contribution in [0.25, 0.3) is 16.8 Å². The van der Waals surface area contributed by atoms with E-state index in [-0.39, 0.29) is 16.8 Å². The second-order valence-electron chi connectivity index (χ2n) is 9.08. The molecule has 5 rings (SSSR count). The molecule has 192 valence electrons. The Kier molecular flexibility index (Phi) is 6.70. The Labute approximate surface area is 216 Å². The van der Waals surface area contributed by atoms with Gasteiger partial charge in [0.1, 0.15) is 11.8 Å². The van der Waals surface area contributed by atoms with E-state index in [2.05, 4.69) is 10.1 Å². The number of rotatable bonds is 8. The summed E-state index contributed by atoms with van der Waals surface area (Å²) in [5, 5.41) is 13.1. The molecule has 0 spiro atoms. The van der Waals surface area contributed by atoms with E-state index < -0.39 is 35.1 Å². The van der Waals surface area contributed by atoms with Crippen molar-refractivity contribution in [2.75, 3.05) is 6.61 Å². The maximum absolute atomic E-state index is 14.2. The molecule has 2 aromatic carbocycles. The van der Waals surface area contributed by atoms with Crippen molar-refractivity contribution >= 4 is 5.91 Å². The normalized spacial score (nSPS) is 14.2. The minimum Gasteiger partial charge on any atom is -0.368 e. The number of nitrogens with zero attached hydrogens (tertiary/aromatic N) is 4. The fraction of sp³-hybridized carbons (Fsp3) is 0.214. The molecule has 7 nitrogen and oxygen atoms in total. The number of ether oxygens (including phenoxy) is 1. The monoisotopic (exact) mass is 517 g/mol. The van der Waals surface area contributed by atoms with Gasteiger partial charge in [-0.25, -0.2) is 4.68 Å². The van der Waals surface area contributed by atoms with Crippen molar-refractivity contribution in [2.24, 2.45) is 11.7 Å². The number of nitrogens with two attached hydrogens (primary N) is 1. The third kappa shape index (κ3) is 5.14. The lowest BCUT2D eigenvalue weighted by Gasteiger charge is -2.19. The lowest BCUT2D eigenvalue weighted by atomic mass is 10.00. The quantitative estimate of drug-likeness (QED) is 0.335. The fourth-order valence-corrected chi connectivity index (χ4v) is 4.30. The molecule has 1 aliphatic carbocycles. The molecule has 1 aliphatic rings. The van der Waals surface area contributed by atoms with Gasteiger partial charge in [-0.3, -0.25) is 9.78 Å². The van der Waals surface area contributed by atoms with Gasteiger partial charge >= 0.3 is 6.18 Å². The number of nitriles is 1. The Balaban J connectivity index is 1.66. The van der Waals surface area contributed by atoms with Crippen LogP contribution in [0.4, 0.5) is 13.2 Å². The summed E-state index contributed by atoms with van der Waals surface area (Å²) in [6.07, 6.45) is 0.0788. The van der Waals surface area contributed by atoms with Gasteiger partial charge in [-0.1, -0.05) is 30.3 Å². The van der Waals surface area contributed by atoms with Crippen molar-refractivity contribution in [3.8, 4) is 22.9 Å². The molecule has 4 aromatic rings. The van der Waals surface area contributed by atoms with Gasteiger partial charge in [0.15, 0.2) is 5.69 Å². The van der Waals surface area contributed by atoms with Gasteiger partial charge < -0.3 is 10.5 Å². The van der Waals surface area contributed by atoms with E-state index in [1.807, 2.05) is 12.1 Å². The zero-order valence-corrected chi connectivity index (χ0v) is 20.0. The zero-order valence-electron chi connectivity index (χ0n) is 20.0. The molecule has 2 heterocycles. The zero-order chi connectivity index (χ0) is 26.9. The fourth-order valence-electron chi connectivity index (χ4n) is 4.30. The molecule has 38 heavy (non-hydrogen) atoms. The molecule has 0 saturated heterocycles. The number of benzene rings is 2. The first-order valence-electron chi connectivity index (χ1n) is 11.9. The van der Waals surface area contributed by atoms with Crippen LogP contribution < -0.4 is 5.73 Å². The average Bonchev–Trinajstić information content (AvgIpc) is 3.64. The van der Waals surface area contributed by atoms with Gasteiger partial charge in [0, 0.05) is 23.5 Å². The van der Waals surface area contributed by atoms with Crippen molar-refractivity contribution in [1.82, 2.24) is 14.8 Å². The van der Waals surface area contributed by atoms with Gasteiger partial charge in [0.05, 0.1) is 23.9 Å². The van der Waals surface area contributed by atoms with Crippen LogP contribution in [0.5, 0.6) is 0 Å². The number of primary amides is 1. The topological polar surface area (TPSA) is 107 Å². The Bertz CT molecular complexity index is 1520. The summed E-state index contributed by atoms with van der Waals surface area (Å²) in [4.78, 5) is 16.8. The second-order valence-corrected chi connectivity index (χ2v) is 9.08. The Morgan fingerprint density at radius 3 is 2.55 bits per heavy atom. The van der Waals surface area contributed by atoms with E-state index in [9.17, 15) is 23.2 Å². The van der Waals surface area contributed by atoms with Gasteiger partial charge in [0.2, 0.25) is 0 Å². The van der Waals surface area contributed by atoms with Crippen LogP contribution in [0.15, 0.2) is 73.1 Å². The standard InChI is InChI=1S/C28H22F3N5O2/c29-28(30,31)26-23(19-5-1-4-18(12-19)14-32)24(27(33)37)36(35-26)22-8-2-6-20(13-22)25(38-16-17-9-10-17)21-7-3-11-34-15-21/h1-8,11-13,15,17,25H,9-10,16H2,(H2,33,37). The molecule has 1 fully saturated rings. The van der Waals surface area contributed by atoms with Crippen LogP contribution >= 0.6 is 0 Å². The summed E-state index contributed by atoms with van der Waals surface area (Å²) in [6.45, 7) is 0.537. The largest absolute Gasteiger partial charge is 0.435 e. The Morgan fingerprint density at radius 2 is 1.89 bits per heavy atom. The maximum Gasteiger partial charge on any atom is 0.435 e. The van der Waals surface area contributed by atoms with E-state index >= 15 is 0 Å². The number of hydrogen-bond acceptors (Lipinski definition) is 5. The van der Waals surface area contributed by atoms with Crippen LogP contribution in [0, 0.1) is 17.2 Å². The smallest absolute Gasteiger partial charge is 0.368 e. The highest BCUT2D eigenvalue weighted by atomic mass is 19.4. The Morgan fingerprint density at radius 1 is 1.13 bits per heavy atom. The second kappa shape index (κ2) is 10.1. The number of alkyl halides is 3. The van der Waals surface area contributed by atoms with Crippen LogP contribution in [-0.2, 0) is 10.9 Å². The van der Waals surface area contributed by atoms with Crippen LogP contribution in [0.1, 0.15) is 51.8 Å². The van der Waals surface area contributed by atoms with Crippen molar-refractivity contribution in [2.45, 2.75) is 25.1 Å². The molecule has 1 unspecified atom stereocenters. The molecule has 1 atom stereocenters. The van der Waals surface area contributed by atoms with E-state index in [1.54, 1.807) is 42.7 Å². The molecule has 1 amide bonds. The average molecular weight is 518 g/mol. The summed E-state index contributed by atoms with van der Waals surface area (Å²) < 4.78 is 49.7. The molecular weight excluding hydrogens is 495 g/mol. The molecule has 0 bridgehead atoms. The minimum atomic E-state index is -4.89. The molecular formula is C28H22F3N5O2. The third-order valence-corrected chi connectivity index (χ3v) is 6.27. The summed E-state index contributed by atoms with van der Waals surface area (Å²) in [7, 11) is 0. The van der Waals surface area contributed by atoms with Gasteiger partial charge in [-0.15, -0.1) is 0 Å². The predicted octanol–water partition coefficient (Wildman–Crippen LogP) is 5.44. The maximum atomic E-state index is 14.2. The summed E-state index contributed by atoms with van der Waals surface area (Å²) in [5.41, 5.74) is 5.21. The molecule has 0 radical (unpaired) electrons. The van der Waals surface area contributed by atoms with Gasteiger partial charge in [-0.2, -0.15) is 23.5 Å². The van der Waals surface area contributed by atoms with E-state index in [1.165, 1.54) is 24.3 Å². The van der Waals surface area contributed by atoms with Crippen molar-refractivity contribution in [1.29, 1.82) is 5.26 Å². The number of carbonyl (C=O) groups excluding carboxylic acids is 1. The number of amides is 1. The third-order valence-electron chi connectivity index (χ3n) is 6.27. The molecule has 2 aromatic heterocycles. The van der Waals surface area contributed by atoms with Crippen molar-refractivity contribution < 1.29 is 22.7 Å². The van der Waals surface area contributed by atoms with E-state index in [4.69, 9.17) is 10.5 Å². The minimum absolute atomic E-state index is 0.00795. The highest BCUT2D eigenvalue weighted by Crippen LogP contribution is 2.40. The number of aromatic nitrogens is 3. The van der Waals surface area contributed by atoms with Crippen molar-refractivity contribution in [3.05, 3.63) is 101 Å². The predicted molar refractivity (Wildman–Crippen MR) is 132 cm³/mol. The first kappa shape index (κ1) is 25.2. The summed E-state index contributed by atoms with van der Waals surface area (Å²) >= 11 is 0. The highest BCUT2D eigenvalue weighted by molar-refractivity contribution is 5.99. The van der Waals surface area contributed by atoms with Crippen molar-refractivity contribution in [3.63, 3.8) is 0 Å². The molecule has 10 heteroatoms. The summed E-state index contributed by atoms with van der Waals surface area (Å²) in [6, 6.07) is 17.7. The van der Waals surface area contributed by atoms with E-state index in [0.29, 0.717) is 18.1 Å². The molecule has 2 N–H and O–H groups in total. The van der Waals surface area contributed by atoms with Gasteiger partial charge in [0.25, 0.3) is 5.91 Å². The van der Waals surface area contributed by atoms with Crippen LogP contribution in [0.3, 0.4) is 0 Å². The van der Waals surface area contributed by atoms with Gasteiger partial charge in [-0.05, 0) is 60.2 Å². The number of carbonyl (C=O) groups is 1. The van der Waals surface area contributed by atoms with Crippen LogP contribution in [0.2, 0.25) is 0 Å². The number of halogens is 3. The highest BCUT2D eigenvalue weighted by Gasteiger charge is 2.41. The summed E-state index contributed by atoms with van der Waals surface area (Å²) in [5.74, 6) is -0.615. The first-order valence-corrected chi connectivity index (χ1v) is 11.9. The molecule has 1 saturated carbocycles. The van der Waals surface area contributed by atoms with E-state index in [0.717, 1.165) is 23.1 Å². The Hall–Kier alpha value is -4.49. The lowest BCUT2D eigenvalue weighted by molar-refractivity contribution is -0.140. The molecule has 0 aliphatic heterocycles. The first-order chi connectivity index (χ1) is 18.3.